The summed E-state index contributed by atoms with van der Waals surface area (Å²) in [5.74, 6) is 1.86. The lowest BCUT2D eigenvalue weighted by molar-refractivity contribution is -0.216. The Bertz CT molecular complexity index is 1410. The first-order valence-electron chi connectivity index (χ1n) is 11.4. The summed E-state index contributed by atoms with van der Waals surface area (Å²) in [5.41, 5.74) is 0.405. The van der Waals surface area contributed by atoms with Crippen LogP contribution < -0.4 is 5.32 Å². The standard InChI is InChI=1S/C23H22ClF3N8/c1-33-19(4-7-29-33)30-18-11-15(16(24)12-28-18)14-10-17-20-31-32-21(22(5-2-6-22)23(25,26)27)35(20)9-3-8-34(17)13-14/h4,7,10-13H,2-3,5-6,8-9H2,1H3,(H,28,30). The maximum Gasteiger partial charge on any atom is 0.401 e. The van der Waals surface area contributed by atoms with Gasteiger partial charge in [0.05, 0.1) is 16.9 Å². The Morgan fingerprint density at radius 3 is 2.63 bits per heavy atom. The number of nitrogens with zero attached hydrogens (tertiary/aromatic N) is 7. The van der Waals surface area contributed by atoms with Crippen molar-refractivity contribution in [3.05, 3.63) is 47.6 Å². The van der Waals surface area contributed by atoms with Gasteiger partial charge < -0.3 is 14.5 Å². The zero-order valence-corrected chi connectivity index (χ0v) is 19.6. The predicted molar refractivity (Wildman–Crippen MR) is 124 cm³/mol. The van der Waals surface area contributed by atoms with Crippen LogP contribution in [0, 0.1) is 0 Å². The number of rotatable bonds is 4. The highest BCUT2D eigenvalue weighted by atomic mass is 35.5. The first-order valence-corrected chi connectivity index (χ1v) is 11.8. The van der Waals surface area contributed by atoms with Gasteiger partial charge in [-0.2, -0.15) is 18.3 Å². The molecule has 2 aliphatic rings. The molecular formula is C23H22ClF3N8. The summed E-state index contributed by atoms with van der Waals surface area (Å²) in [5, 5.41) is 16.2. The van der Waals surface area contributed by atoms with Crippen LogP contribution in [-0.4, -0.2) is 40.3 Å². The van der Waals surface area contributed by atoms with Crippen molar-refractivity contribution in [3.8, 4) is 22.6 Å². The van der Waals surface area contributed by atoms with Gasteiger partial charge in [-0.1, -0.05) is 18.0 Å². The second-order valence-corrected chi connectivity index (χ2v) is 9.51. The molecule has 0 radical (unpaired) electrons. The molecule has 35 heavy (non-hydrogen) atoms. The highest BCUT2D eigenvalue weighted by molar-refractivity contribution is 6.33. The second-order valence-electron chi connectivity index (χ2n) is 9.11. The normalized spacial score (nSPS) is 16.8. The van der Waals surface area contributed by atoms with E-state index >= 15 is 0 Å². The molecular weight excluding hydrogens is 481 g/mol. The number of aromatic nitrogens is 7. The first kappa shape index (κ1) is 22.1. The van der Waals surface area contributed by atoms with E-state index in [0.29, 0.717) is 42.6 Å². The molecule has 1 aliphatic carbocycles. The molecule has 1 fully saturated rings. The highest BCUT2D eigenvalue weighted by Gasteiger charge is 2.62. The fourth-order valence-electron chi connectivity index (χ4n) is 5.01. The molecule has 0 unspecified atom stereocenters. The summed E-state index contributed by atoms with van der Waals surface area (Å²) >= 11 is 6.51. The molecule has 0 saturated heterocycles. The average Bonchev–Trinajstić information content (AvgIpc) is 3.45. The minimum absolute atomic E-state index is 0.0343. The molecule has 6 rings (SSSR count). The van der Waals surface area contributed by atoms with Gasteiger partial charge >= 0.3 is 6.18 Å². The van der Waals surface area contributed by atoms with Gasteiger partial charge in [0.15, 0.2) is 5.82 Å². The molecule has 4 aromatic rings. The van der Waals surface area contributed by atoms with Crippen molar-refractivity contribution in [2.45, 2.75) is 50.4 Å². The molecule has 0 atom stereocenters. The quantitative estimate of drug-likeness (QED) is 0.408. The van der Waals surface area contributed by atoms with Gasteiger partial charge in [0, 0.05) is 49.7 Å². The number of hydrogen-bond donors (Lipinski definition) is 1. The van der Waals surface area contributed by atoms with Crippen molar-refractivity contribution in [2.75, 3.05) is 5.32 Å². The van der Waals surface area contributed by atoms with E-state index in [2.05, 4.69) is 25.6 Å². The minimum Gasteiger partial charge on any atom is -0.344 e. The van der Waals surface area contributed by atoms with Gasteiger partial charge in [-0.15, -0.1) is 10.2 Å². The average molecular weight is 503 g/mol. The Labute approximate surface area is 203 Å². The zero-order valence-electron chi connectivity index (χ0n) is 18.8. The molecule has 4 aromatic heterocycles. The van der Waals surface area contributed by atoms with Crippen LogP contribution in [0.1, 0.15) is 31.5 Å². The number of pyridine rings is 1. The Balaban J connectivity index is 1.40. The largest absolute Gasteiger partial charge is 0.401 e. The van der Waals surface area contributed by atoms with E-state index in [-0.39, 0.29) is 18.7 Å². The van der Waals surface area contributed by atoms with Crippen LogP contribution in [-0.2, 0) is 25.6 Å². The molecule has 0 aromatic carbocycles. The van der Waals surface area contributed by atoms with Crippen LogP contribution in [0.5, 0.6) is 0 Å². The van der Waals surface area contributed by atoms with Crippen LogP contribution in [0.3, 0.4) is 0 Å². The fourth-order valence-corrected chi connectivity index (χ4v) is 5.22. The number of aryl methyl sites for hydroxylation is 2. The van der Waals surface area contributed by atoms with Gasteiger partial charge in [0.2, 0.25) is 0 Å². The summed E-state index contributed by atoms with van der Waals surface area (Å²) in [6.45, 7) is 1.10. The number of alkyl halides is 3. The monoisotopic (exact) mass is 502 g/mol. The van der Waals surface area contributed by atoms with Crippen molar-refractivity contribution in [1.82, 2.24) is 34.1 Å². The lowest BCUT2D eigenvalue weighted by Crippen LogP contribution is -2.49. The molecule has 8 nitrogen and oxygen atoms in total. The molecule has 0 spiro atoms. The summed E-state index contributed by atoms with van der Waals surface area (Å²) in [4.78, 5) is 4.36. The van der Waals surface area contributed by atoms with Gasteiger partial charge in [0.25, 0.3) is 0 Å². The van der Waals surface area contributed by atoms with E-state index in [0.717, 1.165) is 22.6 Å². The summed E-state index contributed by atoms with van der Waals surface area (Å²) in [6.07, 6.45) is 2.18. The molecule has 0 amide bonds. The third kappa shape index (κ3) is 3.43. The van der Waals surface area contributed by atoms with Crippen LogP contribution in [0.15, 0.2) is 36.8 Å². The summed E-state index contributed by atoms with van der Waals surface area (Å²) in [7, 11) is 1.82. The smallest absolute Gasteiger partial charge is 0.344 e. The van der Waals surface area contributed by atoms with Crippen molar-refractivity contribution >= 4 is 23.2 Å². The number of halogens is 4. The Kier molecular flexibility index (Phi) is 4.96. The lowest BCUT2D eigenvalue weighted by atomic mass is 9.67. The summed E-state index contributed by atoms with van der Waals surface area (Å²) < 4.78 is 47.5. The molecule has 182 valence electrons. The molecule has 1 saturated carbocycles. The maximum absolute atomic E-state index is 14.0. The molecule has 1 N–H and O–H groups in total. The molecule has 1 aliphatic heterocycles. The van der Waals surface area contributed by atoms with Gasteiger partial charge in [0.1, 0.15) is 22.9 Å². The molecule has 0 bridgehead atoms. The Morgan fingerprint density at radius 1 is 1.11 bits per heavy atom. The lowest BCUT2D eigenvalue weighted by Gasteiger charge is -2.42. The number of anilines is 2. The van der Waals surface area contributed by atoms with E-state index in [1.807, 2.05) is 36.0 Å². The van der Waals surface area contributed by atoms with E-state index in [1.165, 1.54) is 0 Å². The van der Waals surface area contributed by atoms with Crippen LogP contribution >= 0.6 is 11.6 Å². The first-order chi connectivity index (χ1) is 16.8. The molecule has 12 heteroatoms. The molecule has 5 heterocycles. The number of nitrogens with one attached hydrogen (secondary N) is 1. The van der Waals surface area contributed by atoms with Crippen molar-refractivity contribution in [3.63, 3.8) is 0 Å². The van der Waals surface area contributed by atoms with Gasteiger partial charge in [-0.25, -0.2) is 4.98 Å². The van der Waals surface area contributed by atoms with Crippen LogP contribution in [0.2, 0.25) is 5.02 Å². The predicted octanol–water partition coefficient (Wildman–Crippen LogP) is 5.33. The maximum atomic E-state index is 14.0. The van der Waals surface area contributed by atoms with E-state index in [1.54, 1.807) is 21.6 Å². The second kappa shape index (κ2) is 7.84. The highest BCUT2D eigenvalue weighted by Crippen LogP contribution is 2.54. The van der Waals surface area contributed by atoms with Crippen LogP contribution in [0.4, 0.5) is 24.8 Å². The number of fused-ring (bicyclic) bond motifs is 3. The third-order valence-corrected chi connectivity index (χ3v) is 7.38. The van der Waals surface area contributed by atoms with E-state index in [4.69, 9.17) is 11.6 Å². The summed E-state index contributed by atoms with van der Waals surface area (Å²) in [6, 6.07) is 5.58. The number of hydrogen-bond acceptors (Lipinski definition) is 5. The Hall–Kier alpha value is -3.34. The minimum atomic E-state index is -4.35. The van der Waals surface area contributed by atoms with Crippen molar-refractivity contribution in [2.24, 2.45) is 7.05 Å². The van der Waals surface area contributed by atoms with Gasteiger partial charge in [-0.05, 0) is 31.4 Å². The fraction of sp³-hybridized carbons (Fsp3) is 0.391. The third-order valence-electron chi connectivity index (χ3n) is 7.08. The van der Waals surface area contributed by atoms with Crippen LogP contribution in [0.25, 0.3) is 22.6 Å². The Morgan fingerprint density at radius 2 is 1.94 bits per heavy atom. The van der Waals surface area contributed by atoms with Crippen molar-refractivity contribution < 1.29 is 13.2 Å². The van der Waals surface area contributed by atoms with E-state index < -0.39 is 11.6 Å². The van der Waals surface area contributed by atoms with Crippen molar-refractivity contribution in [1.29, 1.82) is 0 Å². The van der Waals surface area contributed by atoms with Gasteiger partial charge in [-0.3, -0.25) is 4.68 Å². The SMILES string of the molecule is Cn1nccc1Nc1cc(-c2cc3n(c2)CCCn2c-3nnc2C2(C(F)(F)F)CCC2)c(Cl)cn1. The topological polar surface area (TPSA) is 78.4 Å². The van der Waals surface area contributed by atoms with E-state index in [9.17, 15) is 13.2 Å². The zero-order chi connectivity index (χ0) is 24.4.